The van der Waals surface area contributed by atoms with Crippen LogP contribution in [0.15, 0.2) is 0 Å². The monoisotopic (exact) mass is 195 g/mol. The standard InChI is InChI=1S/C12H21NO/c1-10-4-2-3-5-12(10)13-8-6-11(14)7-9-13/h10,12H,2-9H2,1H3/t10-,12-/m0/s1. The maximum absolute atomic E-state index is 11.1. The molecule has 0 aromatic heterocycles. The molecule has 2 aliphatic rings. The molecule has 80 valence electrons. The van der Waals surface area contributed by atoms with Gasteiger partial charge < -0.3 is 0 Å². The number of hydrogen-bond donors (Lipinski definition) is 0. The molecule has 2 fully saturated rings. The number of carbonyl (C=O) groups is 1. The van der Waals surface area contributed by atoms with E-state index in [9.17, 15) is 4.79 Å². The van der Waals surface area contributed by atoms with Crippen LogP contribution in [0.2, 0.25) is 0 Å². The number of hydrogen-bond acceptors (Lipinski definition) is 2. The minimum absolute atomic E-state index is 0.463. The molecule has 0 radical (unpaired) electrons. The first-order valence-electron chi connectivity index (χ1n) is 6.03. The number of rotatable bonds is 1. The van der Waals surface area contributed by atoms with Gasteiger partial charge in [0.25, 0.3) is 0 Å². The summed E-state index contributed by atoms with van der Waals surface area (Å²) in [6.45, 7) is 4.42. The van der Waals surface area contributed by atoms with Crippen LogP contribution in [-0.4, -0.2) is 29.8 Å². The Morgan fingerprint density at radius 2 is 1.79 bits per heavy atom. The van der Waals surface area contributed by atoms with Crippen LogP contribution in [0.4, 0.5) is 0 Å². The lowest BCUT2D eigenvalue weighted by atomic mass is 9.84. The summed E-state index contributed by atoms with van der Waals surface area (Å²) in [5.41, 5.74) is 0. The maximum atomic E-state index is 11.1. The largest absolute Gasteiger partial charge is 0.300 e. The highest BCUT2D eigenvalue weighted by Gasteiger charge is 2.29. The fraction of sp³-hybridized carbons (Fsp3) is 0.917. The van der Waals surface area contributed by atoms with Gasteiger partial charge >= 0.3 is 0 Å². The second kappa shape index (κ2) is 4.43. The predicted octanol–water partition coefficient (Wildman–Crippen LogP) is 2.23. The SMILES string of the molecule is C[C@H]1CCCC[C@@H]1N1CCC(=O)CC1. The molecule has 0 N–H and O–H groups in total. The molecular weight excluding hydrogens is 174 g/mol. The van der Waals surface area contributed by atoms with Crippen molar-refractivity contribution in [1.82, 2.24) is 4.90 Å². The van der Waals surface area contributed by atoms with Crippen LogP contribution < -0.4 is 0 Å². The smallest absolute Gasteiger partial charge is 0.135 e. The first-order valence-corrected chi connectivity index (χ1v) is 6.03. The summed E-state index contributed by atoms with van der Waals surface area (Å²) < 4.78 is 0. The Balaban J connectivity index is 1.90. The van der Waals surface area contributed by atoms with Crippen molar-refractivity contribution in [2.24, 2.45) is 5.92 Å². The fourth-order valence-corrected chi connectivity index (χ4v) is 2.94. The molecule has 0 unspecified atom stereocenters. The Morgan fingerprint density at radius 1 is 1.14 bits per heavy atom. The third-order valence-electron chi connectivity index (χ3n) is 3.89. The first kappa shape index (κ1) is 10.2. The Bertz CT molecular complexity index is 204. The van der Waals surface area contributed by atoms with E-state index in [1.165, 1.54) is 25.7 Å². The van der Waals surface area contributed by atoms with Crippen molar-refractivity contribution in [3.63, 3.8) is 0 Å². The number of piperidine rings is 1. The molecule has 1 aliphatic heterocycles. The van der Waals surface area contributed by atoms with Crippen LogP contribution in [0.3, 0.4) is 0 Å². The zero-order chi connectivity index (χ0) is 9.97. The zero-order valence-corrected chi connectivity index (χ0v) is 9.17. The highest BCUT2D eigenvalue weighted by atomic mass is 16.1. The number of ketones is 1. The summed E-state index contributed by atoms with van der Waals surface area (Å²) in [5.74, 6) is 1.31. The third-order valence-corrected chi connectivity index (χ3v) is 3.89. The van der Waals surface area contributed by atoms with Crippen molar-refractivity contribution in [2.75, 3.05) is 13.1 Å². The topological polar surface area (TPSA) is 20.3 Å². The van der Waals surface area contributed by atoms with E-state index in [2.05, 4.69) is 11.8 Å². The highest BCUT2D eigenvalue weighted by molar-refractivity contribution is 5.79. The average Bonchev–Trinajstić information content (AvgIpc) is 2.20. The molecule has 1 heterocycles. The summed E-state index contributed by atoms with van der Waals surface area (Å²) in [5, 5.41) is 0. The molecule has 2 atom stereocenters. The molecule has 0 amide bonds. The van der Waals surface area contributed by atoms with Crippen molar-refractivity contribution in [3.8, 4) is 0 Å². The van der Waals surface area contributed by atoms with Crippen molar-refractivity contribution in [2.45, 2.75) is 51.5 Å². The first-order chi connectivity index (χ1) is 6.77. The quantitative estimate of drug-likeness (QED) is 0.639. The van der Waals surface area contributed by atoms with Crippen molar-refractivity contribution in [1.29, 1.82) is 0 Å². The van der Waals surface area contributed by atoms with Gasteiger partial charge in [-0.2, -0.15) is 0 Å². The average molecular weight is 195 g/mol. The van der Waals surface area contributed by atoms with Gasteiger partial charge in [0.15, 0.2) is 0 Å². The normalized spacial score (nSPS) is 35.9. The Kier molecular flexibility index (Phi) is 3.22. The molecule has 1 aliphatic carbocycles. The molecule has 2 heteroatoms. The highest BCUT2D eigenvalue weighted by Crippen LogP contribution is 2.29. The van der Waals surface area contributed by atoms with E-state index in [1.54, 1.807) is 0 Å². The third kappa shape index (κ3) is 2.17. The molecule has 0 spiro atoms. The molecule has 14 heavy (non-hydrogen) atoms. The van der Waals surface area contributed by atoms with Gasteiger partial charge in [-0.1, -0.05) is 19.8 Å². The second-order valence-electron chi connectivity index (χ2n) is 4.90. The van der Waals surface area contributed by atoms with Crippen LogP contribution in [0.5, 0.6) is 0 Å². The summed E-state index contributed by atoms with van der Waals surface area (Å²) in [6, 6.07) is 0.775. The van der Waals surface area contributed by atoms with Gasteiger partial charge in [-0.3, -0.25) is 9.69 Å². The van der Waals surface area contributed by atoms with Crippen LogP contribution in [0.25, 0.3) is 0 Å². The maximum Gasteiger partial charge on any atom is 0.135 e. The van der Waals surface area contributed by atoms with Gasteiger partial charge in [0.2, 0.25) is 0 Å². The molecule has 0 aromatic carbocycles. The summed E-state index contributed by atoms with van der Waals surface area (Å²) in [6.07, 6.45) is 7.13. The van der Waals surface area contributed by atoms with E-state index in [0.717, 1.165) is 37.9 Å². The number of likely N-dealkylation sites (tertiary alicyclic amines) is 1. The lowest BCUT2D eigenvalue weighted by Crippen LogP contribution is -2.45. The van der Waals surface area contributed by atoms with Crippen LogP contribution in [-0.2, 0) is 4.79 Å². The van der Waals surface area contributed by atoms with E-state index in [4.69, 9.17) is 0 Å². The molecule has 0 aromatic rings. The lowest BCUT2D eigenvalue weighted by Gasteiger charge is -2.40. The summed E-state index contributed by atoms with van der Waals surface area (Å²) in [7, 11) is 0. The number of carbonyl (C=O) groups excluding carboxylic acids is 1. The minimum atomic E-state index is 0.463. The van der Waals surface area contributed by atoms with Gasteiger partial charge in [0, 0.05) is 32.0 Å². The molecule has 2 nitrogen and oxygen atoms in total. The van der Waals surface area contributed by atoms with E-state index in [0.29, 0.717) is 5.78 Å². The number of nitrogens with zero attached hydrogens (tertiary/aromatic N) is 1. The van der Waals surface area contributed by atoms with Crippen molar-refractivity contribution >= 4 is 5.78 Å². The van der Waals surface area contributed by atoms with E-state index >= 15 is 0 Å². The molecular formula is C12H21NO. The van der Waals surface area contributed by atoms with Crippen LogP contribution in [0, 0.1) is 5.92 Å². The van der Waals surface area contributed by atoms with E-state index < -0.39 is 0 Å². The van der Waals surface area contributed by atoms with Gasteiger partial charge in [-0.05, 0) is 18.8 Å². The van der Waals surface area contributed by atoms with Gasteiger partial charge in [-0.25, -0.2) is 0 Å². The Labute approximate surface area is 86.7 Å². The van der Waals surface area contributed by atoms with Crippen molar-refractivity contribution in [3.05, 3.63) is 0 Å². The van der Waals surface area contributed by atoms with Gasteiger partial charge in [-0.15, -0.1) is 0 Å². The van der Waals surface area contributed by atoms with Crippen molar-refractivity contribution < 1.29 is 4.79 Å². The molecule has 2 rings (SSSR count). The summed E-state index contributed by atoms with van der Waals surface area (Å²) >= 11 is 0. The fourth-order valence-electron chi connectivity index (χ4n) is 2.94. The van der Waals surface area contributed by atoms with Gasteiger partial charge in [0.1, 0.15) is 5.78 Å². The van der Waals surface area contributed by atoms with E-state index in [-0.39, 0.29) is 0 Å². The second-order valence-corrected chi connectivity index (χ2v) is 4.90. The molecule has 0 bridgehead atoms. The Morgan fingerprint density at radius 3 is 2.43 bits per heavy atom. The van der Waals surface area contributed by atoms with E-state index in [1.807, 2.05) is 0 Å². The lowest BCUT2D eigenvalue weighted by molar-refractivity contribution is -0.122. The predicted molar refractivity (Wildman–Crippen MR) is 57.2 cm³/mol. The number of Topliss-reactive ketones (excluding diaryl/α,β-unsaturated/α-hetero) is 1. The Hall–Kier alpha value is -0.370. The minimum Gasteiger partial charge on any atom is -0.300 e. The molecule has 1 saturated heterocycles. The zero-order valence-electron chi connectivity index (χ0n) is 9.17. The van der Waals surface area contributed by atoms with Crippen LogP contribution in [0.1, 0.15) is 45.4 Å². The summed E-state index contributed by atoms with van der Waals surface area (Å²) in [4.78, 5) is 13.7. The molecule has 1 saturated carbocycles. The van der Waals surface area contributed by atoms with Crippen LogP contribution >= 0.6 is 0 Å². The van der Waals surface area contributed by atoms with Gasteiger partial charge in [0.05, 0.1) is 0 Å².